The molecule has 0 aliphatic carbocycles. The van der Waals surface area contributed by atoms with Crippen LogP contribution in [0.5, 0.6) is 0 Å². The number of hydrogen-bond acceptors (Lipinski definition) is 5. The van der Waals surface area contributed by atoms with Crippen molar-refractivity contribution < 1.29 is 4.39 Å². The zero-order valence-corrected chi connectivity index (χ0v) is 10.1. The van der Waals surface area contributed by atoms with Crippen molar-refractivity contribution in [2.45, 2.75) is 16.6 Å². The molecular weight excluding hydrogens is 255 g/mol. The summed E-state index contributed by atoms with van der Waals surface area (Å²) in [5, 5.41) is 0.236. The molecule has 0 saturated carbocycles. The predicted molar refractivity (Wildman–Crippen MR) is 67.7 cm³/mol. The Kier molecular flexibility index (Phi) is 3.63. The van der Waals surface area contributed by atoms with Crippen molar-refractivity contribution in [2.24, 2.45) is 5.73 Å². The van der Waals surface area contributed by atoms with Gasteiger partial charge < -0.3 is 16.5 Å². The number of nitrogen functional groups attached to an aromatic ring is 1. The SMILES string of the molecule is NCc1cccc(F)c1Sc1nc(N)cc(=O)[nH]1. The minimum absolute atomic E-state index is 0.0897. The number of anilines is 1. The Morgan fingerprint density at radius 1 is 1.44 bits per heavy atom. The molecule has 0 aliphatic rings. The molecule has 18 heavy (non-hydrogen) atoms. The molecule has 1 aromatic carbocycles. The summed E-state index contributed by atoms with van der Waals surface area (Å²) in [7, 11) is 0. The van der Waals surface area contributed by atoms with E-state index in [-0.39, 0.29) is 23.1 Å². The van der Waals surface area contributed by atoms with Crippen LogP contribution >= 0.6 is 11.8 Å². The molecule has 1 aromatic heterocycles. The molecule has 0 amide bonds. The number of halogens is 1. The van der Waals surface area contributed by atoms with Crippen LogP contribution in [0.4, 0.5) is 10.2 Å². The van der Waals surface area contributed by atoms with Gasteiger partial charge in [0.2, 0.25) is 0 Å². The van der Waals surface area contributed by atoms with Crippen molar-refractivity contribution in [3.63, 3.8) is 0 Å². The summed E-state index contributed by atoms with van der Waals surface area (Å²) in [6, 6.07) is 5.79. The fraction of sp³-hybridized carbons (Fsp3) is 0.0909. The van der Waals surface area contributed by atoms with Crippen molar-refractivity contribution in [3.05, 3.63) is 46.0 Å². The lowest BCUT2D eigenvalue weighted by Gasteiger charge is -2.07. The average molecular weight is 266 g/mol. The number of rotatable bonds is 3. The van der Waals surface area contributed by atoms with Gasteiger partial charge in [0.15, 0.2) is 5.16 Å². The maximum absolute atomic E-state index is 13.7. The third-order valence-corrected chi connectivity index (χ3v) is 3.25. The van der Waals surface area contributed by atoms with E-state index < -0.39 is 5.82 Å². The Morgan fingerprint density at radius 2 is 2.22 bits per heavy atom. The highest BCUT2D eigenvalue weighted by molar-refractivity contribution is 7.99. The normalized spacial score (nSPS) is 10.6. The zero-order valence-electron chi connectivity index (χ0n) is 9.31. The van der Waals surface area contributed by atoms with Gasteiger partial charge in [0.1, 0.15) is 11.6 Å². The largest absolute Gasteiger partial charge is 0.383 e. The molecule has 2 aromatic rings. The highest BCUT2D eigenvalue weighted by atomic mass is 32.2. The van der Waals surface area contributed by atoms with Crippen LogP contribution in [0, 0.1) is 5.82 Å². The summed E-state index contributed by atoms with van der Waals surface area (Å²) in [6.45, 7) is 0.201. The first-order valence-electron chi connectivity index (χ1n) is 5.12. The molecule has 0 saturated heterocycles. The number of hydrogen-bond donors (Lipinski definition) is 3. The first kappa shape index (κ1) is 12.6. The number of H-pyrrole nitrogens is 1. The molecule has 7 heteroatoms. The van der Waals surface area contributed by atoms with Crippen molar-refractivity contribution in [2.75, 3.05) is 5.73 Å². The molecule has 94 valence electrons. The van der Waals surface area contributed by atoms with E-state index in [1.165, 1.54) is 6.07 Å². The molecule has 5 N–H and O–H groups in total. The number of nitrogens with one attached hydrogen (secondary N) is 1. The Morgan fingerprint density at radius 3 is 2.89 bits per heavy atom. The third kappa shape index (κ3) is 2.69. The lowest BCUT2D eigenvalue weighted by Crippen LogP contribution is -2.09. The Hall–Kier alpha value is -1.86. The number of nitrogens with zero attached hydrogens (tertiary/aromatic N) is 1. The standard InChI is InChI=1S/C11H11FN4OS/c12-7-3-1-2-6(5-13)10(7)18-11-15-8(14)4-9(17)16-11/h1-4H,5,13H2,(H3,14,15,16,17). The summed E-state index contributed by atoms with van der Waals surface area (Å²) in [5.74, 6) is -0.320. The maximum Gasteiger partial charge on any atom is 0.253 e. The van der Waals surface area contributed by atoms with E-state index in [9.17, 15) is 9.18 Å². The molecule has 1 heterocycles. The lowest BCUT2D eigenvalue weighted by atomic mass is 10.2. The van der Waals surface area contributed by atoms with Gasteiger partial charge in [-0.15, -0.1) is 0 Å². The molecular formula is C11H11FN4OS. The van der Waals surface area contributed by atoms with Crippen LogP contribution < -0.4 is 17.0 Å². The van der Waals surface area contributed by atoms with Crippen molar-refractivity contribution in [3.8, 4) is 0 Å². The molecule has 0 unspecified atom stereocenters. The van der Waals surface area contributed by atoms with Gasteiger partial charge in [0, 0.05) is 12.6 Å². The van der Waals surface area contributed by atoms with Gasteiger partial charge in [-0.25, -0.2) is 9.37 Å². The summed E-state index contributed by atoms with van der Waals surface area (Å²) in [6.07, 6.45) is 0. The van der Waals surface area contributed by atoms with Crippen LogP contribution in [0.25, 0.3) is 0 Å². The highest BCUT2D eigenvalue weighted by Gasteiger charge is 2.11. The van der Waals surface area contributed by atoms with Crippen LogP contribution in [0.2, 0.25) is 0 Å². The minimum Gasteiger partial charge on any atom is -0.383 e. The van der Waals surface area contributed by atoms with E-state index in [2.05, 4.69) is 9.97 Å². The van der Waals surface area contributed by atoms with Crippen LogP contribution in [0.1, 0.15) is 5.56 Å². The van der Waals surface area contributed by atoms with E-state index in [0.29, 0.717) is 10.5 Å². The number of nitrogens with two attached hydrogens (primary N) is 2. The van der Waals surface area contributed by atoms with Crippen LogP contribution in [-0.2, 0) is 6.54 Å². The van der Waals surface area contributed by atoms with Crippen molar-refractivity contribution in [1.82, 2.24) is 9.97 Å². The summed E-state index contributed by atoms with van der Waals surface area (Å²) < 4.78 is 13.7. The fourth-order valence-electron chi connectivity index (χ4n) is 1.43. The van der Waals surface area contributed by atoms with E-state index in [1.54, 1.807) is 12.1 Å². The number of aromatic amines is 1. The molecule has 0 fully saturated rings. The monoisotopic (exact) mass is 266 g/mol. The molecule has 0 bridgehead atoms. The van der Waals surface area contributed by atoms with Gasteiger partial charge >= 0.3 is 0 Å². The topological polar surface area (TPSA) is 97.8 Å². The summed E-state index contributed by atoms with van der Waals surface area (Å²) >= 11 is 0.992. The van der Waals surface area contributed by atoms with E-state index in [4.69, 9.17) is 11.5 Å². The molecule has 0 atom stereocenters. The lowest BCUT2D eigenvalue weighted by molar-refractivity contribution is 0.596. The molecule has 0 radical (unpaired) electrons. The maximum atomic E-state index is 13.7. The van der Waals surface area contributed by atoms with Gasteiger partial charge in [-0.2, -0.15) is 0 Å². The van der Waals surface area contributed by atoms with Crippen LogP contribution in [-0.4, -0.2) is 9.97 Å². The Labute approximate surface area is 106 Å². The second-order valence-corrected chi connectivity index (χ2v) is 4.51. The van der Waals surface area contributed by atoms with Crippen LogP contribution in [0.3, 0.4) is 0 Å². The summed E-state index contributed by atoms with van der Waals surface area (Å²) in [4.78, 5) is 18.0. The smallest absolute Gasteiger partial charge is 0.253 e. The van der Waals surface area contributed by atoms with Gasteiger partial charge in [0.25, 0.3) is 5.56 Å². The third-order valence-electron chi connectivity index (χ3n) is 2.21. The first-order chi connectivity index (χ1) is 8.60. The fourth-order valence-corrected chi connectivity index (χ4v) is 2.37. The van der Waals surface area contributed by atoms with E-state index >= 15 is 0 Å². The van der Waals surface area contributed by atoms with Crippen molar-refractivity contribution >= 4 is 17.6 Å². The van der Waals surface area contributed by atoms with Crippen molar-refractivity contribution in [1.29, 1.82) is 0 Å². The second kappa shape index (κ2) is 5.19. The number of aromatic nitrogens is 2. The molecule has 5 nitrogen and oxygen atoms in total. The Balaban J connectivity index is 2.42. The molecule has 2 rings (SSSR count). The second-order valence-electron chi connectivity index (χ2n) is 3.51. The Bertz CT molecular complexity index is 629. The van der Waals surface area contributed by atoms with E-state index in [1.807, 2.05) is 0 Å². The first-order valence-corrected chi connectivity index (χ1v) is 5.94. The molecule has 0 aliphatic heterocycles. The predicted octanol–water partition coefficient (Wildman–Crippen LogP) is 1.10. The van der Waals surface area contributed by atoms with E-state index in [0.717, 1.165) is 17.8 Å². The quantitative estimate of drug-likeness (QED) is 0.723. The number of benzene rings is 1. The zero-order chi connectivity index (χ0) is 13.1. The average Bonchev–Trinajstić information content (AvgIpc) is 2.30. The van der Waals surface area contributed by atoms with Gasteiger partial charge in [-0.05, 0) is 23.4 Å². The van der Waals surface area contributed by atoms with Crippen LogP contribution in [0.15, 0.2) is 39.1 Å². The highest BCUT2D eigenvalue weighted by Crippen LogP contribution is 2.30. The van der Waals surface area contributed by atoms with Gasteiger partial charge in [-0.1, -0.05) is 12.1 Å². The summed E-state index contributed by atoms with van der Waals surface area (Å²) in [5.41, 5.74) is 11.3. The minimum atomic E-state index is -0.409. The van der Waals surface area contributed by atoms with Gasteiger partial charge in [0.05, 0.1) is 4.90 Å². The molecule has 0 spiro atoms. The van der Waals surface area contributed by atoms with Gasteiger partial charge in [-0.3, -0.25) is 4.79 Å².